The third kappa shape index (κ3) is 4.69. The molecule has 1 aliphatic heterocycles. The fourth-order valence-corrected chi connectivity index (χ4v) is 2.80. The van der Waals surface area contributed by atoms with E-state index in [4.69, 9.17) is 5.73 Å². The lowest BCUT2D eigenvalue weighted by atomic mass is 9.94. The molecule has 0 fully saturated rings. The molecule has 1 amide bonds. The maximum absolute atomic E-state index is 11.3. The summed E-state index contributed by atoms with van der Waals surface area (Å²) in [5.41, 5.74) is 12.2. The van der Waals surface area contributed by atoms with E-state index < -0.39 is 0 Å². The lowest BCUT2D eigenvalue weighted by Gasteiger charge is -2.19. The van der Waals surface area contributed by atoms with Gasteiger partial charge in [-0.3, -0.25) is 9.79 Å². The van der Waals surface area contributed by atoms with Crippen LogP contribution < -0.4 is 16.5 Å². The van der Waals surface area contributed by atoms with Crippen molar-refractivity contribution in [3.05, 3.63) is 48.0 Å². The molecule has 136 valence electrons. The van der Waals surface area contributed by atoms with Crippen molar-refractivity contribution >= 4 is 23.3 Å². The summed E-state index contributed by atoms with van der Waals surface area (Å²) < 4.78 is 0. The summed E-state index contributed by atoms with van der Waals surface area (Å²) in [7, 11) is 0. The molecule has 0 saturated heterocycles. The number of hydrogen-bond donors (Lipinski definition) is 4. The topological polar surface area (TPSA) is 121 Å². The number of nitrogens with two attached hydrogens (primary N) is 1. The number of amides is 1. The second kappa shape index (κ2) is 8.28. The Morgan fingerprint density at radius 3 is 2.88 bits per heavy atom. The number of benzene rings is 1. The predicted molar refractivity (Wildman–Crippen MR) is 102 cm³/mol. The average molecular weight is 353 g/mol. The second-order valence-electron chi connectivity index (χ2n) is 6.27. The molecular formula is C18H23N7O. The first kappa shape index (κ1) is 17.7. The van der Waals surface area contributed by atoms with Gasteiger partial charge in [-0.1, -0.05) is 19.1 Å². The number of guanidine groups is 1. The maximum Gasteiger partial charge on any atom is 0.240 e. The first-order valence-corrected chi connectivity index (χ1v) is 8.63. The van der Waals surface area contributed by atoms with Crippen LogP contribution in [0, 0.1) is 5.92 Å². The number of hydrazone groups is 1. The van der Waals surface area contributed by atoms with Crippen molar-refractivity contribution in [2.24, 2.45) is 21.7 Å². The Balaban J connectivity index is 1.52. The molecule has 1 unspecified atom stereocenters. The highest BCUT2D eigenvalue weighted by Crippen LogP contribution is 2.18. The number of aliphatic imine (C=N–C) groups is 1. The van der Waals surface area contributed by atoms with Crippen LogP contribution in [0.15, 0.2) is 46.9 Å². The lowest BCUT2D eigenvalue weighted by molar-refractivity contribution is -0.121. The van der Waals surface area contributed by atoms with Gasteiger partial charge in [0.25, 0.3) is 0 Å². The van der Waals surface area contributed by atoms with Gasteiger partial charge < -0.3 is 16.0 Å². The van der Waals surface area contributed by atoms with Crippen LogP contribution in [0.2, 0.25) is 0 Å². The van der Waals surface area contributed by atoms with Crippen LogP contribution in [0.4, 0.5) is 5.69 Å². The minimum absolute atomic E-state index is 0.0455. The van der Waals surface area contributed by atoms with E-state index in [1.165, 1.54) is 0 Å². The average Bonchev–Trinajstić information content (AvgIpc) is 3.13. The molecule has 2 aromatic rings. The lowest BCUT2D eigenvalue weighted by Crippen LogP contribution is -2.31. The summed E-state index contributed by atoms with van der Waals surface area (Å²) in [5, 5.41) is 7.24. The van der Waals surface area contributed by atoms with Gasteiger partial charge in [-0.05, 0) is 30.5 Å². The Labute approximate surface area is 152 Å². The largest absolute Gasteiger partial charge is 0.370 e. The van der Waals surface area contributed by atoms with Crippen LogP contribution in [0.25, 0.3) is 0 Å². The first-order chi connectivity index (χ1) is 12.6. The van der Waals surface area contributed by atoms with Crippen molar-refractivity contribution < 1.29 is 4.79 Å². The molecular weight excluding hydrogens is 330 g/mol. The van der Waals surface area contributed by atoms with E-state index in [1.54, 1.807) is 6.33 Å². The third-order valence-corrected chi connectivity index (χ3v) is 4.14. The zero-order valence-electron chi connectivity index (χ0n) is 14.7. The molecule has 0 bridgehead atoms. The Morgan fingerprint density at radius 1 is 1.38 bits per heavy atom. The number of aryl methyl sites for hydroxylation is 1. The van der Waals surface area contributed by atoms with Crippen LogP contribution in [0.3, 0.4) is 0 Å². The minimum atomic E-state index is -0.0455. The van der Waals surface area contributed by atoms with Crippen LogP contribution in [0.1, 0.15) is 31.0 Å². The van der Waals surface area contributed by atoms with Crippen molar-refractivity contribution in [1.29, 1.82) is 0 Å². The number of anilines is 1. The summed E-state index contributed by atoms with van der Waals surface area (Å²) >= 11 is 0. The van der Waals surface area contributed by atoms with Gasteiger partial charge in [0, 0.05) is 30.8 Å². The molecule has 1 aromatic carbocycles. The smallest absolute Gasteiger partial charge is 0.240 e. The molecule has 0 saturated carbocycles. The maximum atomic E-state index is 11.3. The molecule has 0 spiro atoms. The van der Waals surface area contributed by atoms with E-state index in [9.17, 15) is 4.79 Å². The van der Waals surface area contributed by atoms with Crippen molar-refractivity contribution in [2.75, 3.05) is 11.9 Å². The molecule has 0 aliphatic carbocycles. The summed E-state index contributed by atoms with van der Waals surface area (Å²) in [4.78, 5) is 22.8. The van der Waals surface area contributed by atoms with E-state index in [-0.39, 0.29) is 11.8 Å². The van der Waals surface area contributed by atoms with Crippen molar-refractivity contribution in [2.45, 2.75) is 26.2 Å². The number of rotatable bonds is 6. The Hall–Kier alpha value is -3.16. The fraction of sp³-hybridized carbons (Fsp3) is 0.333. The molecule has 1 atom stereocenters. The van der Waals surface area contributed by atoms with Crippen LogP contribution >= 0.6 is 0 Å². The monoisotopic (exact) mass is 353 g/mol. The molecule has 5 N–H and O–H groups in total. The third-order valence-electron chi connectivity index (χ3n) is 4.14. The summed E-state index contributed by atoms with van der Waals surface area (Å²) in [6, 6.07) is 7.76. The Morgan fingerprint density at radius 2 is 2.19 bits per heavy atom. The van der Waals surface area contributed by atoms with E-state index >= 15 is 0 Å². The highest BCUT2D eigenvalue weighted by molar-refractivity contribution is 6.06. The minimum Gasteiger partial charge on any atom is -0.370 e. The summed E-state index contributed by atoms with van der Waals surface area (Å²) in [6.45, 7) is 2.63. The second-order valence-corrected chi connectivity index (χ2v) is 6.27. The van der Waals surface area contributed by atoms with E-state index in [1.807, 2.05) is 37.4 Å². The molecule has 8 nitrogen and oxygen atoms in total. The number of aromatic nitrogens is 2. The van der Waals surface area contributed by atoms with Crippen molar-refractivity contribution in [3.8, 4) is 0 Å². The molecule has 2 heterocycles. The molecule has 0 radical (unpaired) electrons. The normalized spacial score (nSPS) is 17.6. The highest BCUT2D eigenvalue weighted by Gasteiger charge is 2.21. The standard InChI is InChI=1S/C18H23N7O/c1-12-9-16(26)24-25-17(12)13-4-6-14(7-5-13)23-18(19)21-8-2-3-15-10-20-11-22-15/h4-7,10-12H,2-3,8-9H2,1H3,(H,20,22)(H,24,26)(H3,19,21,23). The van der Waals surface area contributed by atoms with Crippen LogP contribution in [-0.2, 0) is 11.2 Å². The SMILES string of the molecule is CC1CC(=O)NN=C1c1ccc(NC(N)=NCCCc2c[nH]cn2)cc1. The zero-order chi connectivity index (χ0) is 18.4. The summed E-state index contributed by atoms with van der Waals surface area (Å²) in [6.07, 6.45) is 5.76. The van der Waals surface area contributed by atoms with Gasteiger partial charge in [-0.25, -0.2) is 10.4 Å². The number of nitrogens with zero attached hydrogens (tertiary/aromatic N) is 3. The number of nitrogens with one attached hydrogen (secondary N) is 3. The van der Waals surface area contributed by atoms with Gasteiger partial charge in [-0.2, -0.15) is 5.10 Å². The Kier molecular flexibility index (Phi) is 5.62. The number of aromatic amines is 1. The van der Waals surface area contributed by atoms with Gasteiger partial charge >= 0.3 is 0 Å². The van der Waals surface area contributed by atoms with Crippen molar-refractivity contribution in [3.63, 3.8) is 0 Å². The van der Waals surface area contributed by atoms with E-state index in [2.05, 4.69) is 30.8 Å². The molecule has 1 aromatic heterocycles. The predicted octanol–water partition coefficient (Wildman–Crippen LogP) is 1.63. The van der Waals surface area contributed by atoms with E-state index in [0.717, 1.165) is 35.5 Å². The number of carbonyl (C=O) groups is 1. The Bertz CT molecular complexity index is 793. The number of hydrogen-bond acceptors (Lipinski definition) is 4. The van der Waals surface area contributed by atoms with Gasteiger partial charge in [0.15, 0.2) is 5.96 Å². The zero-order valence-corrected chi connectivity index (χ0v) is 14.7. The van der Waals surface area contributed by atoms with Crippen LogP contribution in [-0.4, -0.2) is 34.1 Å². The molecule has 8 heteroatoms. The summed E-state index contributed by atoms with van der Waals surface area (Å²) in [5.74, 6) is 0.440. The van der Waals surface area contributed by atoms with Gasteiger partial charge in [0.1, 0.15) is 0 Å². The van der Waals surface area contributed by atoms with Crippen molar-refractivity contribution in [1.82, 2.24) is 15.4 Å². The fourth-order valence-electron chi connectivity index (χ4n) is 2.80. The van der Waals surface area contributed by atoms with Gasteiger partial charge in [-0.15, -0.1) is 0 Å². The number of imidazole rings is 1. The molecule has 26 heavy (non-hydrogen) atoms. The van der Waals surface area contributed by atoms with E-state index in [0.29, 0.717) is 18.9 Å². The number of carbonyl (C=O) groups excluding carboxylic acids is 1. The quantitative estimate of drug-likeness (QED) is 0.358. The van der Waals surface area contributed by atoms with Crippen LogP contribution in [0.5, 0.6) is 0 Å². The molecule has 1 aliphatic rings. The first-order valence-electron chi connectivity index (χ1n) is 8.63. The number of H-pyrrole nitrogens is 1. The highest BCUT2D eigenvalue weighted by atomic mass is 16.2. The van der Waals surface area contributed by atoms with Gasteiger partial charge in [0.2, 0.25) is 5.91 Å². The van der Waals surface area contributed by atoms with Gasteiger partial charge in [0.05, 0.1) is 17.7 Å². The molecule has 3 rings (SSSR count).